The van der Waals surface area contributed by atoms with Gasteiger partial charge in [0.25, 0.3) is 5.91 Å². The summed E-state index contributed by atoms with van der Waals surface area (Å²) in [6.07, 6.45) is 3.06. The third-order valence-electron chi connectivity index (χ3n) is 3.92. The van der Waals surface area contributed by atoms with Crippen LogP contribution in [0.2, 0.25) is 0 Å². The van der Waals surface area contributed by atoms with E-state index in [9.17, 15) is 9.90 Å². The number of carbonyl (C=O) groups excluding carboxylic acids is 1. The van der Waals surface area contributed by atoms with Gasteiger partial charge in [-0.15, -0.1) is 0 Å². The molecule has 2 aliphatic rings. The van der Waals surface area contributed by atoms with E-state index in [4.69, 9.17) is 0 Å². The Kier molecular flexibility index (Phi) is 3.01. The lowest BCUT2D eigenvalue weighted by molar-refractivity contribution is -0.141. The summed E-state index contributed by atoms with van der Waals surface area (Å²) in [7, 11) is 0. The monoisotopic (exact) mass is 211 g/mol. The average Bonchev–Trinajstić information content (AvgIpc) is 2.74. The Hall–Kier alpha value is -0.570. The predicted molar refractivity (Wildman–Crippen MR) is 58.3 cm³/mol. The van der Waals surface area contributed by atoms with Crippen LogP contribution in [0.15, 0.2) is 0 Å². The first-order chi connectivity index (χ1) is 7.09. The van der Waals surface area contributed by atoms with Crippen LogP contribution < -0.4 is 0 Å². The van der Waals surface area contributed by atoms with Crippen molar-refractivity contribution < 1.29 is 9.90 Å². The van der Waals surface area contributed by atoms with Gasteiger partial charge in [-0.1, -0.05) is 20.3 Å². The van der Waals surface area contributed by atoms with Crippen LogP contribution in [0.4, 0.5) is 0 Å². The Labute approximate surface area is 91.5 Å². The van der Waals surface area contributed by atoms with Gasteiger partial charge >= 0.3 is 0 Å². The molecule has 1 amide bonds. The molecule has 1 aliphatic heterocycles. The summed E-state index contributed by atoms with van der Waals surface area (Å²) in [5, 5.41) is 9.73. The van der Waals surface area contributed by atoms with E-state index in [0.29, 0.717) is 11.8 Å². The van der Waals surface area contributed by atoms with Crippen molar-refractivity contribution in [2.75, 3.05) is 13.1 Å². The van der Waals surface area contributed by atoms with E-state index in [1.165, 1.54) is 19.3 Å². The van der Waals surface area contributed by atoms with Crippen LogP contribution in [0.5, 0.6) is 0 Å². The van der Waals surface area contributed by atoms with Crippen molar-refractivity contribution in [3.63, 3.8) is 0 Å². The van der Waals surface area contributed by atoms with Gasteiger partial charge in [0.1, 0.15) is 6.10 Å². The normalized spacial score (nSPS) is 32.1. The molecule has 3 heteroatoms. The summed E-state index contributed by atoms with van der Waals surface area (Å²) in [6.45, 7) is 5.54. The number of aliphatic hydroxyl groups excluding tert-OH is 1. The highest BCUT2D eigenvalue weighted by molar-refractivity contribution is 5.81. The molecular weight excluding hydrogens is 190 g/mol. The second-order valence-corrected chi connectivity index (χ2v) is 5.38. The van der Waals surface area contributed by atoms with Crippen LogP contribution in [-0.4, -0.2) is 35.1 Å². The first-order valence-electron chi connectivity index (χ1n) is 6.06. The smallest absolute Gasteiger partial charge is 0.251 e. The first kappa shape index (κ1) is 10.9. The molecule has 0 aromatic rings. The van der Waals surface area contributed by atoms with E-state index >= 15 is 0 Å². The van der Waals surface area contributed by atoms with Gasteiger partial charge in [-0.2, -0.15) is 0 Å². The maximum Gasteiger partial charge on any atom is 0.251 e. The summed E-state index contributed by atoms with van der Waals surface area (Å²) in [6, 6.07) is 0. The summed E-state index contributed by atoms with van der Waals surface area (Å²) < 4.78 is 0. The number of fused-ring (bicyclic) bond motifs is 1. The molecule has 15 heavy (non-hydrogen) atoms. The zero-order valence-corrected chi connectivity index (χ0v) is 9.65. The van der Waals surface area contributed by atoms with E-state index in [1.54, 1.807) is 0 Å². The number of nitrogens with zero attached hydrogens (tertiary/aromatic N) is 1. The van der Waals surface area contributed by atoms with Crippen molar-refractivity contribution in [3.05, 3.63) is 0 Å². The van der Waals surface area contributed by atoms with Crippen molar-refractivity contribution in [2.45, 2.75) is 39.2 Å². The van der Waals surface area contributed by atoms with Gasteiger partial charge < -0.3 is 10.0 Å². The molecule has 3 nitrogen and oxygen atoms in total. The fourth-order valence-electron chi connectivity index (χ4n) is 2.89. The standard InChI is InChI=1S/C12H21NO2/c1-8(2)11(14)12(15)13-6-9-4-3-5-10(9)7-13/h8-11,14H,3-7H2,1-2H3. The minimum Gasteiger partial charge on any atom is -0.383 e. The molecule has 1 saturated carbocycles. The third kappa shape index (κ3) is 2.03. The van der Waals surface area contributed by atoms with Gasteiger partial charge in [0, 0.05) is 13.1 Å². The van der Waals surface area contributed by atoms with Crippen LogP contribution in [0.25, 0.3) is 0 Å². The van der Waals surface area contributed by atoms with Crippen molar-refractivity contribution >= 4 is 5.91 Å². The van der Waals surface area contributed by atoms with Gasteiger partial charge in [0.2, 0.25) is 0 Å². The van der Waals surface area contributed by atoms with Gasteiger partial charge in [0.15, 0.2) is 0 Å². The lowest BCUT2D eigenvalue weighted by atomic mass is 10.0. The van der Waals surface area contributed by atoms with Crippen LogP contribution in [0.3, 0.4) is 0 Å². The fraction of sp³-hybridized carbons (Fsp3) is 0.917. The maximum absolute atomic E-state index is 11.9. The summed E-state index contributed by atoms with van der Waals surface area (Å²) in [5.41, 5.74) is 0. The second kappa shape index (κ2) is 4.12. The van der Waals surface area contributed by atoms with E-state index in [2.05, 4.69) is 0 Å². The minimum absolute atomic E-state index is 0.0259. The fourth-order valence-corrected chi connectivity index (χ4v) is 2.89. The lowest BCUT2D eigenvalue weighted by Crippen LogP contribution is -2.40. The third-order valence-corrected chi connectivity index (χ3v) is 3.92. The van der Waals surface area contributed by atoms with Crippen molar-refractivity contribution in [2.24, 2.45) is 17.8 Å². The van der Waals surface area contributed by atoms with Crippen molar-refractivity contribution in [3.8, 4) is 0 Å². The number of hydrogen-bond donors (Lipinski definition) is 1. The van der Waals surface area contributed by atoms with E-state index in [0.717, 1.165) is 13.1 Å². The number of amides is 1. The molecule has 0 bridgehead atoms. The zero-order chi connectivity index (χ0) is 11.0. The molecule has 2 fully saturated rings. The molecule has 1 aliphatic carbocycles. The summed E-state index contributed by atoms with van der Waals surface area (Å²) >= 11 is 0. The molecule has 0 spiro atoms. The van der Waals surface area contributed by atoms with Crippen molar-refractivity contribution in [1.29, 1.82) is 0 Å². The van der Waals surface area contributed by atoms with Gasteiger partial charge in [-0.25, -0.2) is 0 Å². The molecule has 3 atom stereocenters. The lowest BCUT2D eigenvalue weighted by Gasteiger charge is -2.22. The maximum atomic E-state index is 11.9. The highest BCUT2D eigenvalue weighted by atomic mass is 16.3. The van der Waals surface area contributed by atoms with E-state index in [-0.39, 0.29) is 11.8 Å². The largest absolute Gasteiger partial charge is 0.383 e. The van der Waals surface area contributed by atoms with Gasteiger partial charge in [-0.3, -0.25) is 4.79 Å². The van der Waals surface area contributed by atoms with Crippen molar-refractivity contribution in [1.82, 2.24) is 4.90 Å². The van der Waals surface area contributed by atoms with Gasteiger partial charge in [-0.05, 0) is 30.6 Å². The highest BCUT2D eigenvalue weighted by Gasteiger charge is 2.39. The Morgan fingerprint density at radius 2 is 1.80 bits per heavy atom. The molecule has 0 aromatic carbocycles. The summed E-state index contributed by atoms with van der Waals surface area (Å²) in [5.74, 6) is 1.40. The molecule has 0 aromatic heterocycles. The minimum atomic E-state index is -0.802. The molecule has 1 N–H and O–H groups in total. The number of aliphatic hydroxyl groups is 1. The van der Waals surface area contributed by atoms with Gasteiger partial charge in [0.05, 0.1) is 0 Å². The quantitative estimate of drug-likeness (QED) is 0.747. The molecule has 1 heterocycles. The number of likely N-dealkylation sites (tertiary alicyclic amines) is 1. The Morgan fingerprint density at radius 3 is 2.27 bits per heavy atom. The van der Waals surface area contributed by atoms with Crippen LogP contribution in [0, 0.1) is 17.8 Å². The molecule has 0 radical (unpaired) electrons. The average molecular weight is 211 g/mol. The zero-order valence-electron chi connectivity index (χ0n) is 9.65. The SMILES string of the molecule is CC(C)C(O)C(=O)N1CC2CCCC2C1. The van der Waals surface area contributed by atoms with E-state index in [1.807, 2.05) is 18.7 Å². The number of hydrogen-bond acceptors (Lipinski definition) is 2. The molecule has 2 rings (SSSR count). The topological polar surface area (TPSA) is 40.5 Å². The number of rotatable bonds is 2. The van der Waals surface area contributed by atoms with Crippen LogP contribution >= 0.6 is 0 Å². The van der Waals surface area contributed by atoms with Crippen LogP contribution in [-0.2, 0) is 4.79 Å². The van der Waals surface area contributed by atoms with Crippen LogP contribution in [0.1, 0.15) is 33.1 Å². The number of carbonyl (C=O) groups is 1. The Balaban J connectivity index is 1.93. The molecule has 1 saturated heterocycles. The Bertz CT molecular complexity index is 240. The first-order valence-corrected chi connectivity index (χ1v) is 6.06. The highest BCUT2D eigenvalue weighted by Crippen LogP contribution is 2.37. The predicted octanol–water partition coefficient (Wildman–Crippen LogP) is 1.26. The Morgan fingerprint density at radius 1 is 1.27 bits per heavy atom. The molecule has 3 unspecified atom stereocenters. The molecule has 86 valence electrons. The summed E-state index contributed by atoms with van der Waals surface area (Å²) in [4.78, 5) is 13.8. The second-order valence-electron chi connectivity index (χ2n) is 5.38. The molecular formula is C12H21NO2. The van der Waals surface area contributed by atoms with E-state index < -0.39 is 6.10 Å².